The number of halogens is 3. The molecular weight excluding hydrogens is 591 g/mol. The fraction of sp³-hybridized carbons (Fsp3) is 0.120. The molecular formula is C25H19BrCl2N2O5S. The minimum atomic E-state index is -4.15. The Morgan fingerprint density at radius 3 is 2.42 bits per heavy atom. The van der Waals surface area contributed by atoms with Gasteiger partial charge in [0.25, 0.3) is 5.91 Å². The number of carbonyl (C=O) groups excluding carboxylic acids is 1. The molecule has 0 atom stereocenters. The van der Waals surface area contributed by atoms with Gasteiger partial charge in [0.2, 0.25) is 0 Å². The molecule has 0 bridgehead atoms. The Kier molecular flexibility index (Phi) is 9.03. The molecule has 11 heteroatoms. The standard InChI is InChI=1S/C25H19BrCl2N2O5S/c1-3-34-23-12-16(10-17(14-29)25(31)30-18-6-9-21(27)22(28)13-18)11-20(26)24(23)35-36(32,33)19-7-4-15(2)5-8-19/h4-13H,3H2,1-2H3,(H,30,31)/b17-10-. The van der Waals surface area contributed by atoms with Gasteiger partial charge in [-0.1, -0.05) is 40.9 Å². The number of nitriles is 1. The van der Waals surface area contributed by atoms with Crippen LogP contribution < -0.4 is 14.2 Å². The van der Waals surface area contributed by atoms with Crippen LogP contribution in [0.4, 0.5) is 5.69 Å². The molecule has 1 amide bonds. The molecule has 0 aliphatic rings. The van der Waals surface area contributed by atoms with Crippen LogP contribution in [0, 0.1) is 18.3 Å². The van der Waals surface area contributed by atoms with Crippen molar-refractivity contribution in [2.75, 3.05) is 11.9 Å². The smallest absolute Gasteiger partial charge is 0.339 e. The van der Waals surface area contributed by atoms with Gasteiger partial charge in [0.1, 0.15) is 16.5 Å². The highest BCUT2D eigenvalue weighted by molar-refractivity contribution is 9.10. The van der Waals surface area contributed by atoms with Gasteiger partial charge in [-0.05, 0) is 83.9 Å². The van der Waals surface area contributed by atoms with E-state index in [-0.39, 0.29) is 38.1 Å². The number of aryl methyl sites for hydroxylation is 1. The highest BCUT2D eigenvalue weighted by Crippen LogP contribution is 2.39. The lowest BCUT2D eigenvalue weighted by molar-refractivity contribution is -0.112. The summed E-state index contributed by atoms with van der Waals surface area (Å²) in [6, 6.07) is 15.6. The molecule has 0 unspecified atom stereocenters. The molecule has 3 aromatic rings. The number of anilines is 1. The molecule has 0 spiro atoms. The van der Waals surface area contributed by atoms with E-state index in [2.05, 4.69) is 21.2 Å². The molecule has 3 aromatic carbocycles. The van der Waals surface area contributed by atoms with E-state index in [1.165, 1.54) is 42.5 Å². The summed E-state index contributed by atoms with van der Waals surface area (Å²) in [6.07, 6.45) is 1.33. The fourth-order valence-corrected chi connectivity index (χ4v) is 4.87. The van der Waals surface area contributed by atoms with Crippen molar-refractivity contribution >= 4 is 66.9 Å². The number of amides is 1. The summed E-state index contributed by atoms with van der Waals surface area (Å²) < 4.78 is 36.9. The lowest BCUT2D eigenvalue weighted by Crippen LogP contribution is -2.13. The Bertz CT molecular complexity index is 1480. The summed E-state index contributed by atoms with van der Waals surface area (Å²) in [6.45, 7) is 3.77. The van der Waals surface area contributed by atoms with Crippen molar-refractivity contribution in [2.45, 2.75) is 18.7 Å². The zero-order valence-corrected chi connectivity index (χ0v) is 22.9. The number of ether oxygens (including phenoxy) is 1. The highest BCUT2D eigenvalue weighted by Gasteiger charge is 2.22. The highest BCUT2D eigenvalue weighted by atomic mass is 79.9. The van der Waals surface area contributed by atoms with Crippen LogP contribution in [0.25, 0.3) is 6.08 Å². The Morgan fingerprint density at radius 2 is 1.81 bits per heavy atom. The number of rotatable bonds is 8. The van der Waals surface area contributed by atoms with Crippen LogP contribution in [-0.4, -0.2) is 20.9 Å². The molecule has 0 saturated carbocycles. The number of benzene rings is 3. The molecule has 0 heterocycles. The molecule has 0 fully saturated rings. The first kappa shape index (κ1) is 27.6. The van der Waals surface area contributed by atoms with Gasteiger partial charge in [-0.2, -0.15) is 13.7 Å². The number of carbonyl (C=O) groups is 1. The monoisotopic (exact) mass is 608 g/mol. The Hall–Kier alpha value is -3.03. The lowest BCUT2D eigenvalue weighted by Gasteiger charge is -2.15. The van der Waals surface area contributed by atoms with E-state index in [1.807, 2.05) is 13.0 Å². The number of nitrogens with zero attached hydrogens (tertiary/aromatic N) is 1. The number of nitrogens with one attached hydrogen (secondary N) is 1. The summed E-state index contributed by atoms with van der Waals surface area (Å²) in [7, 11) is -4.15. The van der Waals surface area contributed by atoms with E-state index in [4.69, 9.17) is 32.1 Å². The van der Waals surface area contributed by atoms with E-state index in [9.17, 15) is 18.5 Å². The summed E-state index contributed by atoms with van der Waals surface area (Å²) in [5, 5.41) is 12.7. The van der Waals surface area contributed by atoms with Gasteiger partial charge < -0.3 is 14.2 Å². The average molecular weight is 610 g/mol. The zero-order chi connectivity index (χ0) is 26.5. The normalized spacial score (nSPS) is 11.5. The largest absolute Gasteiger partial charge is 0.490 e. The second-order valence-corrected chi connectivity index (χ2v) is 10.6. The van der Waals surface area contributed by atoms with Gasteiger partial charge in [0, 0.05) is 5.69 Å². The summed E-state index contributed by atoms with van der Waals surface area (Å²) in [5.41, 5.74) is 1.44. The summed E-state index contributed by atoms with van der Waals surface area (Å²) in [4.78, 5) is 12.6. The maximum Gasteiger partial charge on any atom is 0.339 e. The Morgan fingerprint density at radius 1 is 1.11 bits per heavy atom. The Labute approximate surface area is 227 Å². The van der Waals surface area contributed by atoms with Crippen molar-refractivity contribution in [3.63, 3.8) is 0 Å². The maximum atomic E-state index is 12.8. The van der Waals surface area contributed by atoms with Crippen molar-refractivity contribution in [1.29, 1.82) is 5.26 Å². The van der Waals surface area contributed by atoms with E-state index in [0.717, 1.165) is 5.56 Å². The van der Waals surface area contributed by atoms with Crippen LogP contribution in [0.3, 0.4) is 0 Å². The van der Waals surface area contributed by atoms with E-state index in [1.54, 1.807) is 25.1 Å². The first-order chi connectivity index (χ1) is 17.0. The Balaban J connectivity index is 1.93. The van der Waals surface area contributed by atoms with Crippen LogP contribution >= 0.6 is 39.1 Å². The van der Waals surface area contributed by atoms with Crippen molar-refractivity contribution in [1.82, 2.24) is 0 Å². The first-order valence-corrected chi connectivity index (χ1v) is 13.4. The van der Waals surface area contributed by atoms with Crippen LogP contribution in [0.5, 0.6) is 11.5 Å². The predicted octanol–water partition coefficient (Wildman–Crippen LogP) is 6.78. The molecule has 1 N–H and O–H groups in total. The minimum Gasteiger partial charge on any atom is -0.490 e. The third-order valence-corrected chi connectivity index (χ3v) is 7.25. The van der Waals surface area contributed by atoms with Crippen molar-refractivity contribution < 1.29 is 22.1 Å². The molecule has 186 valence electrons. The SMILES string of the molecule is CCOc1cc(/C=C(/C#N)C(=O)Nc2ccc(Cl)c(Cl)c2)cc(Br)c1OS(=O)(=O)c1ccc(C)cc1. The third-order valence-electron chi connectivity index (χ3n) is 4.69. The molecule has 36 heavy (non-hydrogen) atoms. The van der Waals surface area contributed by atoms with Gasteiger partial charge in [-0.25, -0.2) is 0 Å². The average Bonchev–Trinajstić information content (AvgIpc) is 2.82. The lowest BCUT2D eigenvalue weighted by atomic mass is 10.1. The van der Waals surface area contributed by atoms with Crippen LogP contribution in [-0.2, 0) is 14.9 Å². The maximum absolute atomic E-state index is 12.8. The second kappa shape index (κ2) is 11.8. The number of hydrogen-bond acceptors (Lipinski definition) is 6. The molecule has 7 nitrogen and oxygen atoms in total. The predicted molar refractivity (Wildman–Crippen MR) is 143 cm³/mol. The summed E-state index contributed by atoms with van der Waals surface area (Å²) in [5.74, 6) is -0.628. The zero-order valence-electron chi connectivity index (χ0n) is 19.0. The molecule has 0 radical (unpaired) electrons. The minimum absolute atomic E-state index is 0.0165. The molecule has 0 aromatic heterocycles. The molecule has 3 rings (SSSR count). The molecule has 0 saturated heterocycles. The van der Waals surface area contributed by atoms with E-state index in [0.29, 0.717) is 16.3 Å². The topological polar surface area (TPSA) is 105 Å². The van der Waals surface area contributed by atoms with Crippen molar-refractivity contribution in [3.8, 4) is 17.6 Å². The van der Waals surface area contributed by atoms with Crippen molar-refractivity contribution in [2.24, 2.45) is 0 Å². The van der Waals surface area contributed by atoms with Gasteiger partial charge in [0.15, 0.2) is 11.5 Å². The van der Waals surface area contributed by atoms with Crippen LogP contribution in [0.15, 0.2) is 69.5 Å². The van der Waals surface area contributed by atoms with Gasteiger partial charge in [-0.3, -0.25) is 4.79 Å². The van der Waals surface area contributed by atoms with Crippen molar-refractivity contribution in [3.05, 3.63) is 85.8 Å². The van der Waals surface area contributed by atoms with Gasteiger partial charge in [0.05, 0.1) is 21.1 Å². The number of hydrogen-bond donors (Lipinski definition) is 1. The second-order valence-electron chi connectivity index (χ2n) is 7.37. The summed E-state index contributed by atoms with van der Waals surface area (Å²) >= 11 is 15.2. The fourth-order valence-electron chi connectivity index (χ4n) is 2.97. The van der Waals surface area contributed by atoms with Crippen LogP contribution in [0.2, 0.25) is 10.0 Å². The van der Waals surface area contributed by atoms with E-state index >= 15 is 0 Å². The molecule has 0 aliphatic heterocycles. The van der Waals surface area contributed by atoms with E-state index < -0.39 is 16.0 Å². The quantitative estimate of drug-likeness (QED) is 0.171. The third kappa shape index (κ3) is 6.80. The van der Waals surface area contributed by atoms with Crippen LogP contribution in [0.1, 0.15) is 18.1 Å². The van der Waals surface area contributed by atoms with Gasteiger partial charge in [-0.15, -0.1) is 0 Å². The molecule has 0 aliphatic carbocycles. The van der Waals surface area contributed by atoms with Gasteiger partial charge >= 0.3 is 10.1 Å². The first-order valence-electron chi connectivity index (χ1n) is 10.4.